The van der Waals surface area contributed by atoms with Crippen LogP contribution >= 0.6 is 0 Å². The Hall–Kier alpha value is -2.76. The van der Waals surface area contributed by atoms with E-state index in [2.05, 4.69) is 4.57 Å². The van der Waals surface area contributed by atoms with Gasteiger partial charge in [0.25, 0.3) is 0 Å². The molecule has 1 saturated carbocycles. The fourth-order valence-electron chi connectivity index (χ4n) is 3.52. The number of ketones is 1. The average Bonchev–Trinajstić information content (AvgIpc) is 3.17. The van der Waals surface area contributed by atoms with Crippen LogP contribution in [0.5, 0.6) is 11.5 Å². The van der Waals surface area contributed by atoms with Gasteiger partial charge >= 0.3 is 5.97 Å². The number of Topliss-reactive ketones (excluding diaryl/α,β-unsaturated/α-hetero) is 1. The molecule has 0 spiro atoms. The van der Waals surface area contributed by atoms with Crippen LogP contribution in [0.3, 0.4) is 0 Å². The van der Waals surface area contributed by atoms with Crippen LogP contribution in [0, 0.1) is 19.8 Å². The van der Waals surface area contributed by atoms with Gasteiger partial charge in [-0.3, -0.25) is 9.59 Å². The van der Waals surface area contributed by atoms with Gasteiger partial charge in [0, 0.05) is 23.5 Å². The molecule has 6 nitrogen and oxygen atoms in total. The number of benzene rings is 1. The van der Waals surface area contributed by atoms with Crippen LogP contribution in [-0.2, 0) is 16.1 Å². The number of rotatable bonds is 6. The molecule has 6 heteroatoms. The summed E-state index contributed by atoms with van der Waals surface area (Å²) in [6.45, 7) is 4.57. The van der Waals surface area contributed by atoms with Gasteiger partial charge in [-0.1, -0.05) is 12.5 Å². The maximum atomic E-state index is 12.5. The highest BCUT2D eigenvalue weighted by atomic mass is 16.7. The lowest BCUT2D eigenvalue weighted by molar-refractivity contribution is -0.150. The SMILES string of the molecule is Cc1cc(C(=O)COC(=O)C2CCC2)c(C)n1Cc1ccc2c(c1)OCO2. The molecule has 0 N–H and O–H groups in total. The van der Waals surface area contributed by atoms with E-state index in [0.717, 1.165) is 47.7 Å². The zero-order valence-electron chi connectivity index (χ0n) is 15.6. The van der Waals surface area contributed by atoms with E-state index in [1.54, 1.807) is 0 Å². The molecule has 2 aliphatic rings. The van der Waals surface area contributed by atoms with E-state index >= 15 is 0 Å². The molecule has 1 fully saturated rings. The standard InChI is InChI=1S/C21H23NO5/c1-13-8-17(18(23)11-25-21(24)16-4-3-5-16)14(2)22(13)10-15-6-7-19-20(9-15)27-12-26-19/h6-9,16H,3-5,10-12H2,1-2H3. The predicted molar refractivity (Wildman–Crippen MR) is 98.2 cm³/mol. The predicted octanol–water partition coefficient (Wildman–Crippen LogP) is 3.41. The van der Waals surface area contributed by atoms with Gasteiger partial charge in [0.1, 0.15) is 0 Å². The number of aryl methyl sites for hydroxylation is 1. The topological polar surface area (TPSA) is 66.8 Å². The van der Waals surface area contributed by atoms with E-state index in [1.807, 2.05) is 38.1 Å². The largest absolute Gasteiger partial charge is 0.457 e. The Morgan fingerprint density at radius 1 is 1.15 bits per heavy atom. The van der Waals surface area contributed by atoms with Crippen molar-refractivity contribution in [1.82, 2.24) is 4.57 Å². The number of aromatic nitrogens is 1. The lowest BCUT2D eigenvalue weighted by Crippen LogP contribution is -2.26. The maximum Gasteiger partial charge on any atom is 0.309 e. The second-order valence-electron chi connectivity index (χ2n) is 7.22. The monoisotopic (exact) mass is 369 g/mol. The van der Waals surface area contributed by atoms with E-state index in [1.165, 1.54) is 0 Å². The van der Waals surface area contributed by atoms with Gasteiger partial charge in [-0.2, -0.15) is 0 Å². The molecule has 142 valence electrons. The first-order valence-electron chi connectivity index (χ1n) is 9.28. The number of carbonyl (C=O) groups excluding carboxylic acids is 2. The van der Waals surface area contributed by atoms with E-state index in [-0.39, 0.29) is 31.1 Å². The van der Waals surface area contributed by atoms with Gasteiger partial charge in [-0.25, -0.2) is 0 Å². The maximum absolute atomic E-state index is 12.5. The lowest BCUT2D eigenvalue weighted by atomic mass is 9.86. The molecule has 1 aromatic carbocycles. The van der Waals surface area contributed by atoms with Crippen molar-refractivity contribution in [2.24, 2.45) is 5.92 Å². The second-order valence-corrected chi connectivity index (χ2v) is 7.22. The van der Waals surface area contributed by atoms with Gasteiger partial charge in [-0.05, 0) is 50.5 Å². The highest BCUT2D eigenvalue weighted by Crippen LogP contribution is 2.33. The van der Waals surface area contributed by atoms with Crippen LogP contribution in [0.4, 0.5) is 0 Å². The van der Waals surface area contributed by atoms with Crippen molar-refractivity contribution < 1.29 is 23.8 Å². The number of hydrogen-bond acceptors (Lipinski definition) is 5. The fourth-order valence-corrected chi connectivity index (χ4v) is 3.52. The summed E-state index contributed by atoms with van der Waals surface area (Å²) in [5.74, 6) is 1.07. The summed E-state index contributed by atoms with van der Waals surface area (Å²) in [6.07, 6.45) is 2.81. The smallest absolute Gasteiger partial charge is 0.309 e. The minimum Gasteiger partial charge on any atom is -0.457 e. The average molecular weight is 369 g/mol. The molecule has 1 aliphatic heterocycles. The first-order valence-corrected chi connectivity index (χ1v) is 9.28. The number of esters is 1. The molecule has 4 rings (SSSR count). The molecule has 1 aromatic heterocycles. The van der Waals surface area contributed by atoms with Crippen LogP contribution in [-0.4, -0.2) is 29.7 Å². The Morgan fingerprint density at radius 2 is 1.93 bits per heavy atom. The third-order valence-corrected chi connectivity index (χ3v) is 5.44. The normalized spacial score (nSPS) is 15.5. The number of fused-ring (bicyclic) bond motifs is 1. The Balaban J connectivity index is 1.46. The summed E-state index contributed by atoms with van der Waals surface area (Å²) in [4.78, 5) is 24.4. The zero-order valence-corrected chi connectivity index (χ0v) is 15.6. The summed E-state index contributed by atoms with van der Waals surface area (Å²) in [6, 6.07) is 7.72. The summed E-state index contributed by atoms with van der Waals surface area (Å²) < 4.78 is 18.1. The highest BCUT2D eigenvalue weighted by Gasteiger charge is 2.27. The summed E-state index contributed by atoms with van der Waals surface area (Å²) in [5.41, 5.74) is 3.53. The summed E-state index contributed by atoms with van der Waals surface area (Å²) in [5, 5.41) is 0. The molecular weight excluding hydrogens is 346 g/mol. The number of ether oxygens (including phenoxy) is 3. The molecule has 0 amide bonds. The van der Waals surface area contributed by atoms with Gasteiger partial charge in [0.05, 0.1) is 5.92 Å². The highest BCUT2D eigenvalue weighted by molar-refractivity contribution is 5.99. The van der Waals surface area contributed by atoms with E-state index in [9.17, 15) is 9.59 Å². The molecule has 2 aromatic rings. The van der Waals surface area contributed by atoms with E-state index in [4.69, 9.17) is 14.2 Å². The molecule has 0 bridgehead atoms. The number of hydrogen-bond donors (Lipinski definition) is 0. The number of nitrogens with zero attached hydrogens (tertiary/aromatic N) is 1. The zero-order chi connectivity index (χ0) is 19.0. The van der Waals surface area contributed by atoms with Crippen molar-refractivity contribution >= 4 is 11.8 Å². The van der Waals surface area contributed by atoms with Crippen molar-refractivity contribution in [1.29, 1.82) is 0 Å². The van der Waals surface area contributed by atoms with Crippen LogP contribution in [0.2, 0.25) is 0 Å². The van der Waals surface area contributed by atoms with Gasteiger partial charge < -0.3 is 18.8 Å². The van der Waals surface area contributed by atoms with Crippen molar-refractivity contribution in [2.45, 2.75) is 39.7 Å². The van der Waals surface area contributed by atoms with Crippen LogP contribution in [0.15, 0.2) is 24.3 Å². The third kappa shape index (κ3) is 3.44. The van der Waals surface area contributed by atoms with Crippen molar-refractivity contribution in [3.8, 4) is 11.5 Å². The van der Waals surface area contributed by atoms with E-state index < -0.39 is 0 Å². The molecule has 0 atom stereocenters. The van der Waals surface area contributed by atoms with Crippen LogP contribution in [0.25, 0.3) is 0 Å². The molecule has 0 radical (unpaired) electrons. The van der Waals surface area contributed by atoms with E-state index in [0.29, 0.717) is 12.1 Å². The first kappa shape index (κ1) is 17.6. The minimum atomic E-state index is -0.247. The van der Waals surface area contributed by atoms with Gasteiger partial charge in [0.15, 0.2) is 18.1 Å². The summed E-state index contributed by atoms with van der Waals surface area (Å²) in [7, 11) is 0. The Labute approximate surface area is 158 Å². The molecule has 2 heterocycles. The Bertz CT molecular complexity index is 894. The molecule has 27 heavy (non-hydrogen) atoms. The molecule has 1 aliphatic carbocycles. The molecule has 0 saturated heterocycles. The minimum absolute atomic E-state index is 0.0174. The first-order chi connectivity index (χ1) is 13.0. The Morgan fingerprint density at radius 3 is 2.67 bits per heavy atom. The Kier molecular flexibility index (Phi) is 4.64. The van der Waals surface area contributed by atoms with Crippen LogP contribution < -0.4 is 9.47 Å². The van der Waals surface area contributed by atoms with Crippen LogP contribution in [0.1, 0.15) is 46.6 Å². The molecule has 0 unspecified atom stereocenters. The number of carbonyl (C=O) groups is 2. The lowest BCUT2D eigenvalue weighted by Gasteiger charge is -2.22. The second kappa shape index (κ2) is 7.10. The molecular formula is C21H23NO5. The fraction of sp³-hybridized carbons (Fsp3) is 0.429. The van der Waals surface area contributed by atoms with Gasteiger partial charge in [-0.15, -0.1) is 0 Å². The van der Waals surface area contributed by atoms with Crippen molar-refractivity contribution in [3.05, 3.63) is 46.8 Å². The quantitative estimate of drug-likeness (QED) is 0.577. The van der Waals surface area contributed by atoms with Gasteiger partial charge in [0.2, 0.25) is 12.6 Å². The third-order valence-electron chi connectivity index (χ3n) is 5.44. The summed E-state index contributed by atoms with van der Waals surface area (Å²) >= 11 is 0. The van der Waals surface area contributed by atoms with Crippen molar-refractivity contribution in [3.63, 3.8) is 0 Å². The van der Waals surface area contributed by atoms with Crippen molar-refractivity contribution in [2.75, 3.05) is 13.4 Å².